The van der Waals surface area contributed by atoms with Gasteiger partial charge < -0.3 is 5.11 Å². The molecule has 1 aromatic carbocycles. The summed E-state index contributed by atoms with van der Waals surface area (Å²) >= 11 is 0. The summed E-state index contributed by atoms with van der Waals surface area (Å²) in [6.07, 6.45) is 4.22. The molecule has 1 aliphatic rings. The Morgan fingerprint density at radius 2 is 2.08 bits per heavy atom. The lowest BCUT2D eigenvalue weighted by atomic mass is 10.0. The Bertz CT molecular complexity index is 304. The molecule has 1 aliphatic carbocycles. The molecule has 0 heterocycles. The molecule has 13 heavy (non-hydrogen) atoms. The van der Waals surface area contributed by atoms with Gasteiger partial charge >= 0.3 is 0 Å². The van der Waals surface area contributed by atoms with Gasteiger partial charge in [0.05, 0.1) is 6.10 Å². The summed E-state index contributed by atoms with van der Waals surface area (Å²) in [6, 6.07) is 6.42. The Morgan fingerprint density at radius 3 is 2.85 bits per heavy atom. The molecule has 1 N–H and O–H groups in total. The minimum Gasteiger partial charge on any atom is -0.388 e. The smallest absolute Gasteiger partial charge is 0.0787 e. The maximum Gasteiger partial charge on any atom is 0.0787 e. The summed E-state index contributed by atoms with van der Waals surface area (Å²) < 4.78 is 0. The highest BCUT2D eigenvalue weighted by Gasteiger charge is 2.12. The van der Waals surface area contributed by atoms with E-state index in [-0.39, 0.29) is 6.10 Å². The van der Waals surface area contributed by atoms with Crippen molar-refractivity contribution in [2.24, 2.45) is 0 Å². The first-order valence-corrected chi connectivity index (χ1v) is 5.11. The van der Waals surface area contributed by atoms with Crippen molar-refractivity contribution < 1.29 is 5.11 Å². The topological polar surface area (TPSA) is 20.2 Å². The average molecular weight is 176 g/mol. The molecule has 0 amide bonds. The predicted molar refractivity (Wildman–Crippen MR) is 53.7 cm³/mol. The summed E-state index contributed by atoms with van der Waals surface area (Å²) in [5.74, 6) is 0. The summed E-state index contributed by atoms with van der Waals surface area (Å²) in [4.78, 5) is 0. The standard InChI is InChI=1S/C12H16O/c1-2-12(13)11-7-6-9-4-3-5-10(9)8-11/h6-8,12-13H,2-5H2,1H3. The number of benzene rings is 1. The van der Waals surface area contributed by atoms with E-state index in [4.69, 9.17) is 0 Å². The number of hydrogen-bond donors (Lipinski definition) is 1. The lowest BCUT2D eigenvalue weighted by Gasteiger charge is -2.09. The minimum absolute atomic E-state index is 0.272. The first-order chi connectivity index (χ1) is 6.31. The molecule has 1 nitrogen and oxygen atoms in total. The van der Waals surface area contributed by atoms with Crippen LogP contribution in [0.2, 0.25) is 0 Å². The molecule has 0 spiro atoms. The molecule has 1 atom stereocenters. The number of aliphatic hydroxyl groups excluding tert-OH is 1. The van der Waals surface area contributed by atoms with Crippen LogP contribution < -0.4 is 0 Å². The zero-order valence-corrected chi connectivity index (χ0v) is 8.09. The molecule has 0 saturated carbocycles. The van der Waals surface area contributed by atoms with Crippen LogP contribution in [-0.2, 0) is 12.8 Å². The number of aryl methyl sites for hydroxylation is 2. The second kappa shape index (κ2) is 3.51. The summed E-state index contributed by atoms with van der Waals surface area (Å²) in [5.41, 5.74) is 4.01. The second-order valence-corrected chi connectivity index (χ2v) is 3.81. The van der Waals surface area contributed by atoms with Crippen molar-refractivity contribution in [1.82, 2.24) is 0 Å². The SMILES string of the molecule is CCC(O)c1ccc2c(c1)CCC2. The zero-order valence-electron chi connectivity index (χ0n) is 8.09. The largest absolute Gasteiger partial charge is 0.388 e. The van der Waals surface area contributed by atoms with E-state index >= 15 is 0 Å². The molecule has 0 fully saturated rings. The molecule has 0 aromatic heterocycles. The van der Waals surface area contributed by atoms with E-state index in [0.717, 1.165) is 12.0 Å². The van der Waals surface area contributed by atoms with Gasteiger partial charge in [-0.1, -0.05) is 25.1 Å². The normalized spacial score (nSPS) is 17.1. The Kier molecular flexibility index (Phi) is 2.36. The van der Waals surface area contributed by atoms with Gasteiger partial charge in [0.2, 0.25) is 0 Å². The van der Waals surface area contributed by atoms with Crippen LogP contribution in [0.1, 0.15) is 42.6 Å². The van der Waals surface area contributed by atoms with Crippen molar-refractivity contribution in [3.63, 3.8) is 0 Å². The minimum atomic E-state index is -0.272. The van der Waals surface area contributed by atoms with E-state index in [2.05, 4.69) is 18.2 Å². The quantitative estimate of drug-likeness (QED) is 0.734. The van der Waals surface area contributed by atoms with Crippen molar-refractivity contribution in [3.8, 4) is 0 Å². The molecule has 70 valence electrons. The van der Waals surface area contributed by atoms with E-state index in [9.17, 15) is 5.11 Å². The predicted octanol–water partition coefficient (Wildman–Crippen LogP) is 2.62. The third kappa shape index (κ3) is 1.61. The van der Waals surface area contributed by atoms with Crippen LogP contribution in [0.5, 0.6) is 0 Å². The number of aliphatic hydroxyl groups is 1. The Hall–Kier alpha value is -0.820. The van der Waals surface area contributed by atoms with Crippen LogP contribution >= 0.6 is 0 Å². The maximum atomic E-state index is 9.66. The first kappa shape index (κ1) is 8.76. The van der Waals surface area contributed by atoms with E-state index in [1.54, 1.807) is 0 Å². The fourth-order valence-electron chi connectivity index (χ4n) is 2.03. The third-order valence-corrected chi connectivity index (χ3v) is 2.89. The molecular formula is C12H16O. The van der Waals surface area contributed by atoms with Gasteiger partial charge in [-0.05, 0) is 42.4 Å². The molecule has 0 saturated heterocycles. The van der Waals surface area contributed by atoms with Crippen molar-refractivity contribution in [3.05, 3.63) is 34.9 Å². The molecule has 1 aromatic rings. The van der Waals surface area contributed by atoms with Gasteiger partial charge in [0.25, 0.3) is 0 Å². The molecule has 0 aliphatic heterocycles. The fraction of sp³-hybridized carbons (Fsp3) is 0.500. The average Bonchev–Trinajstić information content (AvgIpc) is 2.63. The molecule has 0 radical (unpaired) electrons. The Balaban J connectivity index is 2.30. The highest BCUT2D eigenvalue weighted by molar-refractivity contribution is 5.36. The monoisotopic (exact) mass is 176 g/mol. The highest BCUT2D eigenvalue weighted by Crippen LogP contribution is 2.26. The summed E-state index contributed by atoms with van der Waals surface area (Å²) in [6.45, 7) is 2.01. The molecule has 2 rings (SSSR count). The van der Waals surface area contributed by atoms with E-state index < -0.39 is 0 Å². The Labute approximate surface area is 79.4 Å². The first-order valence-electron chi connectivity index (χ1n) is 5.11. The van der Waals surface area contributed by atoms with Gasteiger partial charge in [0, 0.05) is 0 Å². The van der Waals surface area contributed by atoms with E-state index in [1.807, 2.05) is 6.92 Å². The number of hydrogen-bond acceptors (Lipinski definition) is 1. The fourth-order valence-corrected chi connectivity index (χ4v) is 2.03. The van der Waals surface area contributed by atoms with Crippen molar-refractivity contribution in [2.75, 3.05) is 0 Å². The van der Waals surface area contributed by atoms with Crippen molar-refractivity contribution >= 4 is 0 Å². The van der Waals surface area contributed by atoms with Crippen LogP contribution in [0.3, 0.4) is 0 Å². The molecule has 1 unspecified atom stereocenters. The van der Waals surface area contributed by atoms with Gasteiger partial charge in [0.1, 0.15) is 0 Å². The number of rotatable bonds is 2. The summed E-state index contributed by atoms with van der Waals surface area (Å²) in [5, 5.41) is 9.66. The van der Waals surface area contributed by atoms with Gasteiger partial charge in [-0.25, -0.2) is 0 Å². The number of fused-ring (bicyclic) bond motifs is 1. The van der Waals surface area contributed by atoms with Crippen LogP contribution in [0.25, 0.3) is 0 Å². The van der Waals surface area contributed by atoms with Gasteiger partial charge in [-0.2, -0.15) is 0 Å². The van der Waals surface area contributed by atoms with Gasteiger partial charge in [0.15, 0.2) is 0 Å². The molecular weight excluding hydrogens is 160 g/mol. The molecule has 1 heteroatoms. The maximum absolute atomic E-state index is 9.66. The van der Waals surface area contributed by atoms with Gasteiger partial charge in [-0.3, -0.25) is 0 Å². The van der Waals surface area contributed by atoms with E-state index in [0.29, 0.717) is 0 Å². The third-order valence-electron chi connectivity index (χ3n) is 2.89. The van der Waals surface area contributed by atoms with Crippen LogP contribution in [-0.4, -0.2) is 5.11 Å². The lowest BCUT2D eigenvalue weighted by Crippen LogP contribution is -1.96. The molecule has 0 bridgehead atoms. The van der Waals surface area contributed by atoms with Crippen LogP contribution in [0, 0.1) is 0 Å². The zero-order chi connectivity index (χ0) is 9.26. The second-order valence-electron chi connectivity index (χ2n) is 3.81. The Morgan fingerprint density at radius 1 is 1.31 bits per heavy atom. The van der Waals surface area contributed by atoms with E-state index in [1.165, 1.54) is 30.4 Å². The van der Waals surface area contributed by atoms with Crippen molar-refractivity contribution in [2.45, 2.75) is 38.7 Å². The lowest BCUT2D eigenvalue weighted by molar-refractivity contribution is 0.173. The van der Waals surface area contributed by atoms with Crippen LogP contribution in [0.15, 0.2) is 18.2 Å². The van der Waals surface area contributed by atoms with Crippen LogP contribution in [0.4, 0.5) is 0 Å². The van der Waals surface area contributed by atoms with Gasteiger partial charge in [-0.15, -0.1) is 0 Å². The van der Waals surface area contributed by atoms with Crippen molar-refractivity contribution in [1.29, 1.82) is 0 Å². The highest BCUT2D eigenvalue weighted by atomic mass is 16.3. The summed E-state index contributed by atoms with van der Waals surface area (Å²) in [7, 11) is 0.